The SMILES string of the molecule is COc1ccc(NC(=O)N(CCCO)CC(C)(C)C)cc1Cl. The fourth-order valence-corrected chi connectivity index (χ4v) is 2.29. The molecule has 0 unspecified atom stereocenters. The summed E-state index contributed by atoms with van der Waals surface area (Å²) in [7, 11) is 1.54. The summed E-state index contributed by atoms with van der Waals surface area (Å²) in [6.07, 6.45) is 0.548. The third-order valence-corrected chi connectivity index (χ3v) is 3.24. The van der Waals surface area contributed by atoms with Gasteiger partial charge in [0.2, 0.25) is 0 Å². The van der Waals surface area contributed by atoms with Gasteiger partial charge in [-0.15, -0.1) is 0 Å². The van der Waals surface area contributed by atoms with Gasteiger partial charge < -0.3 is 20.1 Å². The molecule has 22 heavy (non-hydrogen) atoms. The van der Waals surface area contributed by atoms with Crippen molar-refractivity contribution in [3.8, 4) is 5.75 Å². The molecule has 0 radical (unpaired) electrons. The molecule has 5 nitrogen and oxygen atoms in total. The summed E-state index contributed by atoms with van der Waals surface area (Å²) < 4.78 is 5.09. The van der Waals surface area contributed by atoms with Gasteiger partial charge in [0.25, 0.3) is 0 Å². The zero-order valence-corrected chi connectivity index (χ0v) is 14.4. The van der Waals surface area contributed by atoms with Gasteiger partial charge in [-0.25, -0.2) is 4.79 Å². The quantitative estimate of drug-likeness (QED) is 0.838. The number of benzene rings is 1. The van der Waals surface area contributed by atoms with Crippen molar-refractivity contribution in [1.82, 2.24) is 4.90 Å². The zero-order chi connectivity index (χ0) is 16.8. The summed E-state index contributed by atoms with van der Waals surface area (Å²) in [4.78, 5) is 14.1. The molecule has 0 aromatic heterocycles. The molecule has 1 aromatic carbocycles. The van der Waals surface area contributed by atoms with Crippen LogP contribution in [0.15, 0.2) is 18.2 Å². The monoisotopic (exact) mass is 328 g/mol. The van der Waals surface area contributed by atoms with E-state index >= 15 is 0 Å². The predicted molar refractivity (Wildman–Crippen MR) is 89.8 cm³/mol. The third-order valence-electron chi connectivity index (χ3n) is 2.94. The van der Waals surface area contributed by atoms with E-state index in [1.807, 2.05) is 0 Å². The highest BCUT2D eigenvalue weighted by molar-refractivity contribution is 6.32. The van der Waals surface area contributed by atoms with Crippen molar-refractivity contribution in [3.05, 3.63) is 23.2 Å². The Morgan fingerprint density at radius 3 is 2.59 bits per heavy atom. The Morgan fingerprint density at radius 2 is 2.09 bits per heavy atom. The van der Waals surface area contributed by atoms with Crippen LogP contribution < -0.4 is 10.1 Å². The van der Waals surface area contributed by atoms with E-state index < -0.39 is 0 Å². The number of nitrogens with one attached hydrogen (secondary N) is 1. The van der Waals surface area contributed by atoms with Crippen LogP contribution in [-0.4, -0.2) is 42.8 Å². The van der Waals surface area contributed by atoms with Gasteiger partial charge in [0.05, 0.1) is 12.1 Å². The molecule has 0 heterocycles. The Morgan fingerprint density at radius 1 is 1.41 bits per heavy atom. The number of carbonyl (C=O) groups is 1. The standard InChI is InChI=1S/C16H25ClN2O3/c1-16(2,3)11-19(8-5-9-20)15(21)18-12-6-7-14(22-4)13(17)10-12/h6-7,10,20H,5,8-9,11H2,1-4H3,(H,18,21). The van der Waals surface area contributed by atoms with Gasteiger partial charge in [0.1, 0.15) is 5.75 Å². The van der Waals surface area contributed by atoms with Crippen molar-refractivity contribution in [1.29, 1.82) is 0 Å². The van der Waals surface area contributed by atoms with Crippen molar-refractivity contribution in [3.63, 3.8) is 0 Å². The number of halogens is 1. The first-order valence-corrected chi connectivity index (χ1v) is 7.65. The Bertz CT molecular complexity index is 501. The van der Waals surface area contributed by atoms with Crippen LogP contribution in [0, 0.1) is 5.41 Å². The minimum absolute atomic E-state index is 0.0235. The molecule has 0 saturated carbocycles. The molecule has 2 amide bonds. The first-order valence-electron chi connectivity index (χ1n) is 7.27. The number of anilines is 1. The van der Waals surface area contributed by atoms with Crippen molar-refractivity contribution in [2.24, 2.45) is 5.41 Å². The first-order chi connectivity index (χ1) is 10.3. The summed E-state index contributed by atoms with van der Waals surface area (Å²) in [6.45, 7) is 7.36. The minimum atomic E-state index is -0.204. The summed E-state index contributed by atoms with van der Waals surface area (Å²) >= 11 is 6.06. The maximum Gasteiger partial charge on any atom is 0.321 e. The second-order valence-electron chi connectivity index (χ2n) is 6.34. The number of carbonyl (C=O) groups excluding carboxylic acids is 1. The normalized spacial score (nSPS) is 11.2. The maximum absolute atomic E-state index is 12.4. The molecule has 124 valence electrons. The largest absolute Gasteiger partial charge is 0.495 e. The van der Waals surface area contributed by atoms with Gasteiger partial charge in [-0.05, 0) is 30.0 Å². The fraction of sp³-hybridized carbons (Fsp3) is 0.562. The highest BCUT2D eigenvalue weighted by Gasteiger charge is 2.21. The van der Waals surface area contributed by atoms with E-state index in [4.69, 9.17) is 21.4 Å². The molecule has 6 heteroatoms. The number of methoxy groups -OCH3 is 1. The van der Waals surface area contributed by atoms with Gasteiger partial charge in [0, 0.05) is 25.4 Å². The maximum atomic E-state index is 12.4. The molecule has 0 saturated heterocycles. The van der Waals surface area contributed by atoms with Gasteiger partial charge >= 0.3 is 6.03 Å². The topological polar surface area (TPSA) is 61.8 Å². The molecule has 0 bridgehead atoms. The lowest BCUT2D eigenvalue weighted by Crippen LogP contribution is -2.41. The van der Waals surface area contributed by atoms with Crippen LogP contribution in [0.2, 0.25) is 5.02 Å². The van der Waals surface area contributed by atoms with E-state index in [0.29, 0.717) is 36.0 Å². The number of nitrogens with zero attached hydrogens (tertiary/aromatic N) is 1. The van der Waals surface area contributed by atoms with E-state index in [2.05, 4.69) is 26.1 Å². The lowest BCUT2D eigenvalue weighted by atomic mass is 9.96. The Kier molecular flexibility index (Phi) is 6.97. The molecule has 0 spiro atoms. The fourth-order valence-electron chi connectivity index (χ4n) is 2.03. The summed E-state index contributed by atoms with van der Waals surface area (Å²) in [6, 6.07) is 4.90. The molecule has 0 aliphatic heterocycles. The number of amides is 2. The van der Waals surface area contributed by atoms with Gasteiger partial charge in [0.15, 0.2) is 0 Å². The molecule has 0 aliphatic rings. The Hall–Kier alpha value is -1.46. The van der Waals surface area contributed by atoms with Crippen molar-refractivity contribution >= 4 is 23.3 Å². The average Bonchev–Trinajstić information content (AvgIpc) is 2.42. The number of urea groups is 1. The third kappa shape index (κ3) is 6.12. The number of hydrogen-bond donors (Lipinski definition) is 2. The van der Waals surface area contributed by atoms with Gasteiger partial charge in [-0.3, -0.25) is 0 Å². The van der Waals surface area contributed by atoms with E-state index in [1.165, 1.54) is 0 Å². The van der Waals surface area contributed by atoms with Crippen LogP contribution in [0.1, 0.15) is 27.2 Å². The van der Waals surface area contributed by atoms with Crippen LogP contribution in [0.25, 0.3) is 0 Å². The first kappa shape index (κ1) is 18.6. The van der Waals surface area contributed by atoms with E-state index in [1.54, 1.807) is 30.2 Å². The smallest absolute Gasteiger partial charge is 0.321 e. The average molecular weight is 329 g/mol. The molecule has 0 fully saturated rings. The van der Waals surface area contributed by atoms with E-state index in [0.717, 1.165) is 0 Å². The lowest BCUT2D eigenvalue weighted by Gasteiger charge is -2.30. The number of aliphatic hydroxyl groups excluding tert-OH is 1. The Labute approximate surface area is 137 Å². The van der Waals surface area contributed by atoms with Crippen molar-refractivity contribution < 1.29 is 14.6 Å². The number of rotatable bonds is 6. The molecule has 0 atom stereocenters. The zero-order valence-electron chi connectivity index (χ0n) is 13.6. The predicted octanol–water partition coefficient (Wildman–Crippen LogP) is 3.61. The minimum Gasteiger partial charge on any atom is -0.495 e. The molecule has 2 N–H and O–H groups in total. The van der Waals surface area contributed by atoms with Gasteiger partial charge in [-0.1, -0.05) is 32.4 Å². The second kappa shape index (κ2) is 8.25. The highest BCUT2D eigenvalue weighted by atomic mass is 35.5. The summed E-state index contributed by atoms with van der Waals surface area (Å²) in [5, 5.41) is 12.3. The lowest BCUT2D eigenvalue weighted by molar-refractivity contribution is 0.176. The Balaban J connectivity index is 2.79. The second-order valence-corrected chi connectivity index (χ2v) is 6.75. The van der Waals surface area contributed by atoms with Crippen LogP contribution in [0.3, 0.4) is 0 Å². The highest BCUT2D eigenvalue weighted by Crippen LogP contribution is 2.27. The van der Waals surface area contributed by atoms with Crippen LogP contribution in [0.5, 0.6) is 5.75 Å². The van der Waals surface area contributed by atoms with Gasteiger partial charge in [-0.2, -0.15) is 0 Å². The number of hydrogen-bond acceptors (Lipinski definition) is 3. The van der Waals surface area contributed by atoms with Crippen LogP contribution in [-0.2, 0) is 0 Å². The summed E-state index contributed by atoms with van der Waals surface area (Å²) in [5.74, 6) is 0.562. The molecular weight excluding hydrogens is 304 g/mol. The summed E-state index contributed by atoms with van der Waals surface area (Å²) in [5.41, 5.74) is 0.586. The molecule has 1 aromatic rings. The number of aliphatic hydroxyl groups is 1. The van der Waals surface area contributed by atoms with E-state index in [9.17, 15) is 4.79 Å². The molecule has 0 aliphatic carbocycles. The van der Waals surface area contributed by atoms with Crippen molar-refractivity contribution in [2.75, 3.05) is 32.1 Å². The van der Waals surface area contributed by atoms with Crippen LogP contribution >= 0.6 is 11.6 Å². The van der Waals surface area contributed by atoms with E-state index in [-0.39, 0.29) is 18.1 Å². The number of ether oxygens (including phenoxy) is 1. The molecule has 1 rings (SSSR count). The van der Waals surface area contributed by atoms with Crippen LogP contribution in [0.4, 0.5) is 10.5 Å². The molecular formula is C16H25ClN2O3. The van der Waals surface area contributed by atoms with Crippen molar-refractivity contribution in [2.45, 2.75) is 27.2 Å².